The molecular weight excluding hydrogens is 1710 g/mol. The number of aliphatic hydroxyl groups excluding tert-OH is 3. The van der Waals surface area contributed by atoms with Gasteiger partial charge >= 0.3 is 28.9 Å². The normalized spacial score (nSPS) is 21.9. The summed E-state index contributed by atoms with van der Waals surface area (Å²) >= 11 is 3.28. The molecule has 11 rings (SSSR count). The predicted octanol–water partition coefficient (Wildman–Crippen LogP) is 12.9. The molecule has 35 heteroatoms. The Morgan fingerprint density at radius 1 is 0.435 bits per heavy atom. The first kappa shape index (κ1) is 102. The number of aromatic amines is 3. The van der Waals surface area contributed by atoms with E-state index in [9.17, 15) is 53.4 Å². The standard InChI is InChI=1S/C25H38N2O5Si.C24H36N2O6Si.C22H37BrN2O6Si.C18H22N2O6/c1-8-20-21(32-33(6,7)25(3,4)5)13-22(31-20)27-14-19(23(28)26-24(27)29)16-30-15-18-12-10-9-11-17(18)2;1-16-9-7-8-10-17(16)14-30-15-18-12-26(23(29)25-22(18)28)21-11-19(20(13-27)31-21)32-33(5,6)24(2,3)4;1-10-15-16(31-32(8,9)22(5,6)7)11-17(29-15)24-13-14(12-23)18(26)25(19(24)27)20(28)30-21(2,3)4;1-11-4-2-3-5-12(11)9-25-10-13-7-20(18(24)19-17(13)23)16-6-14(22)15(8-21)26-16/h9-12,14,20-22H,8,13,15-16H2,1-7H3,(H,26,28,29);7-10,12,19-21,27H,11,13-15H2,1-6H3,(H,25,28,29);13,15-17H,10-12H2,1-9H3;2-5,7,14-16,21-22H,6,8-10H2,1H3,(H,19,23,24)/t20-,21-,22-;19-,20-,21-;15-,16-,17-;14-,15-,16-/m1111/s1. The Kier molecular flexibility index (Phi) is 35.4. The molecule has 8 heterocycles. The van der Waals surface area contributed by atoms with Crippen molar-refractivity contribution in [1.82, 2.24) is 37.8 Å². The van der Waals surface area contributed by atoms with E-state index in [0.29, 0.717) is 54.8 Å². The van der Waals surface area contributed by atoms with E-state index in [1.165, 1.54) is 36.9 Å². The third kappa shape index (κ3) is 26.4. The number of nitrogens with one attached hydrogen (secondary N) is 3. The Labute approximate surface area is 736 Å². The Morgan fingerprint density at radius 3 is 1.02 bits per heavy atom. The van der Waals surface area contributed by atoms with E-state index in [-0.39, 0.29) is 102 Å². The average molecular weight is 1850 g/mol. The first-order chi connectivity index (χ1) is 57.9. The van der Waals surface area contributed by atoms with Gasteiger partial charge in [-0.2, -0.15) is 4.57 Å². The zero-order valence-corrected chi connectivity index (χ0v) is 81.0. The first-order valence-corrected chi connectivity index (χ1v) is 52.3. The van der Waals surface area contributed by atoms with Crippen LogP contribution in [0, 0.1) is 20.8 Å². The van der Waals surface area contributed by atoms with E-state index >= 15 is 0 Å². The van der Waals surface area contributed by atoms with Crippen LogP contribution in [0.4, 0.5) is 4.79 Å². The van der Waals surface area contributed by atoms with Crippen LogP contribution in [0.2, 0.25) is 54.4 Å². The molecule has 0 unspecified atom stereocenters. The number of H-pyrrole nitrogens is 3. The van der Waals surface area contributed by atoms with Gasteiger partial charge < -0.3 is 66.5 Å². The second kappa shape index (κ2) is 43.0. The van der Waals surface area contributed by atoms with Gasteiger partial charge in [0.05, 0.1) is 106 Å². The summed E-state index contributed by atoms with van der Waals surface area (Å²) in [5, 5.41) is 29.2. The minimum Gasteiger partial charge on any atom is -0.443 e. The molecular formula is C89H133BrN8O23Si3. The highest BCUT2D eigenvalue weighted by Gasteiger charge is 2.49. The number of alkyl halides is 1. The van der Waals surface area contributed by atoms with Crippen molar-refractivity contribution in [2.24, 2.45) is 0 Å². The van der Waals surface area contributed by atoms with Gasteiger partial charge in [-0.1, -0.05) is 165 Å². The zero-order chi connectivity index (χ0) is 92.1. The molecule has 686 valence electrons. The summed E-state index contributed by atoms with van der Waals surface area (Å²) in [5.41, 5.74) is 2.32. The lowest BCUT2D eigenvalue weighted by Gasteiger charge is -2.39. The minimum absolute atomic E-state index is 0.00152. The van der Waals surface area contributed by atoms with Gasteiger partial charge in [0, 0.05) is 61.4 Å². The summed E-state index contributed by atoms with van der Waals surface area (Å²) in [4.78, 5) is 120. The predicted molar refractivity (Wildman–Crippen MR) is 483 cm³/mol. The Balaban J connectivity index is 0.000000206. The van der Waals surface area contributed by atoms with Gasteiger partial charge in [-0.05, 0) is 142 Å². The fourth-order valence-electron chi connectivity index (χ4n) is 13.6. The number of benzene rings is 3. The highest BCUT2D eigenvalue weighted by molar-refractivity contribution is 9.08. The summed E-state index contributed by atoms with van der Waals surface area (Å²) in [6.45, 7) is 48.6. The number of aromatic nitrogens is 8. The monoisotopic (exact) mass is 1840 g/mol. The first-order valence-electron chi connectivity index (χ1n) is 42.5. The van der Waals surface area contributed by atoms with Crippen LogP contribution >= 0.6 is 15.9 Å². The van der Waals surface area contributed by atoms with Crippen molar-refractivity contribution in [1.29, 1.82) is 0 Å². The van der Waals surface area contributed by atoms with E-state index in [1.54, 1.807) is 27.0 Å². The van der Waals surface area contributed by atoms with Crippen LogP contribution in [0.1, 0.15) is 216 Å². The summed E-state index contributed by atoms with van der Waals surface area (Å²) in [6.07, 6.45) is 2.48. The van der Waals surface area contributed by atoms with E-state index in [1.807, 2.05) is 100 Å². The summed E-state index contributed by atoms with van der Waals surface area (Å²) in [6, 6.07) is 23.6. The number of halogens is 1. The van der Waals surface area contributed by atoms with Crippen LogP contribution in [-0.2, 0) is 96.1 Å². The number of carbonyl (C=O) groups is 1. The number of ether oxygens (including phenoxy) is 8. The molecule has 0 radical (unpaired) electrons. The quantitative estimate of drug-likeness (QED) is 0.0206. The molecule has 7 aromatic rings. The van der Waals surface area contributed by atoms with Crippen molar-refractivity contribution >= 4 is 47.0 Å². The maximum absolute atomic E-state index is 13.2. The van der Waals surface area contributed by atoms with Gasteiger partial charge in [0.1, 0.15) is 42.7 Å². The lowest BCUT2D eigenvalue weighted by molar-refractivity contribution is -0.0461. The fraction of sp³-hybridized carbons (Fsp3) is 0.607. The van der Waals surface area contributed by atoms with Crippen molar-refractivity contribution in [2.75, 3.05) is 13.2 Å². The molecule has 4 fully saturated rings. The highest BCUT2D eigenvalue weighted by Crippen LogP contribution is 2.45. The van der Waals surface area contributed by atoms with Crippen LogP contribution in [0.3, 0.4) is 0 Å². The Bertz CT molecular complexity index is 5090. The topological polar surface area (TPSA) is 388 Å². The molecule has 31 nitrogen and oxygen atoms in total. The molecule has 4 aliphatic rings. The number of aliphatic hydroxyl groups is 3. The van der Waals surface area contributed by atoms with Crippen LogP contribution in [0.25, 0.3) is 0 Å². The molecule has 0 amide bonds. The van der Waals surface area contributed by atoms with Gasteiger partial charge in [-0.3, -0.25) is 52.4 Å². The maximum Gasteiger partial charge on any atom is 0.425 e. The van der Waals surface area contributed by atoms with Crippen LogP contribution in [-0.4, -0.2) is 152 Å². The Hall–Kier alpha value is -7.54. The van der Waals surface area contributed by atoms with Crippen LogP contribution < -0.4 is 45.0 Å². The Morgan fingerprint density at radius 2 is 0.726 bits per heavy atom. The molecule has 6 N–H and O–H groups in total. The van der Waals surface area contributed by atoms with Crippen molar-refractivity contribution in [2.45, 2.75) is 335 Å². The van der Waals surface area contributed by atoms with Crippen molar-refractivity contribution in [3.63, 3.8) is 0 Å². The van der Waals surface area contributed by atoms with Crippen molar-refractivity contribution in [3.8, 4) is 0 Å². The second-order valence-electron chi connectivity index (χ2n) is 37.8. The molecule has 0 spiro atoms. The summed E-state index contributed by atoms with van der Waals surface area (Å²) in [5.74, 6) is 0. The SMILES string of the molecule is CC[C@H]1O[C@@H](n2cc(CBr)c(=O)n(C(=O)OC(C)(C)C)c2=O)C[C@H]1O[Si](C)(C)C(C)(C)C.CC[C@H]1O[C@@H](n2cc(COCc3ccccc3C)c(=O)[nH]c2=O)C[C@H]1O[Si](C)(C)C(C)(C)C.Cc1ccccc1COCc1cn([C@H]2C[C@@H](O)[C@@H](CO)O2)c(=O)[nH]c1=O.Cc1ccccc1COCc1cn([C@H]2C[C@@H](O[Si](C)(C)C(C)(C)C)[C@@H](CO)O2)c(=O)[nH]c1=O. The summed E-state index contributed by atoms with van der Waals surface area (Å²) < 4.78 is 72.0. The molecule has 0 aliphatic carbocycles. The van der Waals surface area contributed by atoms with Gasteiger partial charge in [0.15, 0.2) is 25.0 Å². The smallest absolute Gasteiger partial charge is 0.425 e. The number of carbonyl (C=O) groups excluding carboxylic acids is 1. The van der Waals surface area contributed by atoms with E-state index in [0.717, 1.165) is 46.2 Å². The maximum atomic E-state index is 13.2. The zero-order valence-electron chi connectivity index (χ0n) is 76.4. The van der Waals surface area contributed by atoms with Crippen LogP contribution in [0.5, 0.6) is 0 Å². The van der Waals surface area contributed by atoms with Gasteiger partial charge in [-0.25, -0.2) is 24.0 Å². The van der Waals surface area contributed by atoms with Crippen LogP contribution in [0.15, 0.2) is 136 Å². The van der Waals surface area contributed by atoms with Gasteiger partial charge in [-0.15, -0.1) is 0 Å². The molecule has 4 aromatic heterocycles. The third-order valence-electron chi connectivity index (χ3n) is 24.3. The largest absolute Gasteiger partial charge is 0.443 e. The molecule has 3 aromatic carbocycles. The van der Waals surface area contributed by atoms with E-state index in [4.69, 9.17) is 56.3 Å². The lowest BCUT2D eigenvalue weighted by atomic mass is 10.1. The molecule has 4 saturated heterocycles. The lowest BCUT2D eigenvalue weighted by Crippen LogP contribution is -2.47. The number of aryl methyl sites for hydroxylation is 3. The molecule has 12 atom stereocenters. The van der Waals surface area contributed by atoms with E-state index in [2.05, 4.69) is 139 Å². The van der Waals surface area contributed by atoms with E-state index < -0.39 is 125 Å². The fourth-order valence-corrected chi connectivity index (χ4v) is 18.1. The second-order valence-corrected chi connectivity index (χ2v) is 52.6. The average Bonchev–Trinajstić information content (AvgIpc) is 1.54. The highest BCUT2D eigenvalue weighted by atomic mass is 79.9. The number of rotatable bonds is 27. The molecule has 124 heavy (non-hydrogen) atoms. The van der Waals surface area contributed by atoms with Gasteiger partial charge in [0.25, 0.3) is 22.2 Å². The van der Waals surface area contributed by atoms with Gasteiger partial charge in [0.2, 0.25) is 0 Å². The number of hydrogen-bond acceptors (Lipinski definition) is 23. The van der Waals surface area contributed by atoms with Crippen molar-refractivity contribution in [3.05, 3.63) is 237 Å². The third-order valence-corrected chi connectivity index (χ3v) is 38.4. The molecule has 0 bridgehead atoms. The number of hydrogen-bond donors (Lipinski definition) is 6. The minimum atomic E-state index is -2.10. The van der Waals surface area contributed by atoms with Crippen molar-refractivity contribution < 1.29 is 71.3 Å². The number of nitrogens with zero attached hydrogens (tertiary/aromatic N) is 5. The summed E-state index contributed by atoms with van der Waals surface area (Å²) in [7, 11) is -6.15. The molecule has 4 aliphatic heterocycles. The molecule has 0 saturated carbocycles.